The molecule has 1 heterocycles. The second-order valence-corrected chi connectivity index (χ2v) is 4.99. The number of hydrogen-bond donors (Lipinski definition) is 2. The van der Waals surface area contributed by atoms with Crippen LogP contribution in [-0.4, -0.2) is 29.4 Å². The predicted octanol–water partition coefficient (Wildman–Crippen LogP) is 2.25. The van der Waals surface area contributed by atoms with Crippen molar-refractivity contribution >= 4 is 17.5 Å². The summed E-state index contributed by atoms with van der Waals surface area (Å²) in [5.41, 5.74) is 7.73. The lowest BCUT2D eigenvalue weighted by Crippen LogP contribution is -2.26. The van der Waals surface area contributed by atoms with E-state index in [1.165, 1.54) is 0 Å². The molecule has 0 spiro atoms. The topological polar surface area (TPSA) is 62.1 Å². The molecule has 0 aliphatic rings. The number of rotatable bonds is 3. The molecular weight excluding hydrogens is 286 g/mol. The smallest absolute Gasteiger partial charge is 0.270 e. The van der Waals surface area contributed by atoms with E-state index in [0.29, 0.717) is 23.8 Å². The van der Waals surface area contributed by atoms with Gasteiger partial charge in [0.2, 0.25) is 0 Å². The Morgan fingerprint density at radius 2 is 2.19 bits per heavy atom. The molecule has 1 amide bonds. The number of halogens is 1. The molecule has 0 radical (unpaired) electrons. The summed E-state index contributed by atoms with van der Waals surface area (Å²) in [7, 11) is 1.74. The first kappa shape index (κ1) is 15.2. The summed E-state index contributed by atoms with van der Waals surface area (Å²) in [6.07, 6.45) is 1.59. The van der Waals surface area contributed by atoms with Crippen molar-refractivity contribution < 1.29 is 4.79 Å². The molecule has 0 aliphatic carbocycles. The first-order valence-corrected chi connectivity index (χ1v) is 6.86. The van der Waals surface area contributed by atoms with E-state index < -0.39 is 0 Å². The van der Waals surface area contributed by atoms with Crippen LogP contribution in [0.2, 0.25) is 5.02 Å². The summed E-state index contributed by atoms with van der Waals surface area (Å²) < 4.78 is 0. The van der Waals surface area contributed by atoms with E-state index >= 15 is 0 Å². The third-order valence-corrected chi connectivity index (χ3v) is 3.19. The molecule has 5 heteroatoms. The molecule has 0 unspecified atom stereocenters. The molecule has 1 aromatic carbocycles. The zero-order valence-corrected chi connectivity index (χ0v) is 12.4. The Hall–Kier alpha value is -2.22. The number of amides is 1. The molecule has 0 saturated carbocycles. The van der Waals surface area contributed by atoms with Crippen molar-refractivity contribution in [2.75, 3.05) is 13.6 Å². The summed E-state index contributed by atoms with van der Waals surface area (Å²) >= 11 is 5.82. The quantitative estimate of drug-likeness (QED) is 0.854. The van der Waals surface area contributed by atoms with E-state index in [0.717, 1.165) is 11.1 Å². The zero-order chi connectivity index (χ0) is 15.2. The molecule has 21 heavy (non-hydrogen) atoms. The summed E-state index contributed by atoms with van der Waals surface area (Å²) in [6, 6.07) is 9.32. The number of H-pyrrole nitrogens is 1. The van der Waals surface area contributed by atoms with E-state index in [1.54, 1.807) is 24.2 Å². The van der Waals surface area contributed by atoms with Gasteiger partial charge < -0.3 is 15.6 Å². The zero-order valence-electron chi connectivity index (χ0n) is 11.7. The van der Waals surface area contributed by atoms with Crippen LogP contribution in [0.1, 0.15) is 21.6 Å². The maximum absolute atomic E-state index is 12.3. The molecule has 4 nitrogen and oxygen atoms in total. The van der Waals surface area contributed by atoms with E-state index in [-0.39, 0.29) is 5.91 Å². The van der Waals surface area contributed by atoms with Crippen molar-refractivity contribution in [3.63, 3.8) is 0 Å². The highest BCUT2D eigenvalue weighted by Gasteiger charge is 2.14. The minimum atomic E-state index is -0.122. The molecule has 3 N–H and O–H groups in total. The van der Waals surface area contributed by atoms with E-state index in [9.17, 15) is 4.79 Å². The number of aromatic amines is 1. The predicted molar refractivity (Wildman–Crippen MR) is 84.0 cm³/mol. The van der Waals surface area contributed by atoms with Crippen LogP contribution in [0.5, 0.6) is 0 Å². The second kappa shape index (κ2) is 6.98. The molecule has 0 saturated heterocycles. The van der Waals surface area contributed by atoms with E-state index in [1.807, 2.05) is 24.3 Å². The Kier molecular flexibility index (Phi) is 5.04. The van der Waals surface area contributed by atoms with Gasteiger partial charge in [-0.05, 0) is 17.7 Å². The van der Waals surface area contributed by atoms with Crippen molar-refractivity contribution in [1.29, 1.82) is 0 Å². The van der Waals surface area contributed by atoms with Crippen LogP contribution in [0.15, 0.2) is 36.5 Å². The van der Waals surface area contributed by atoms with E-state index in [2.05, 4.69) is 16.8 Å². The Morgan fingerprint density at radius 1 is 1.43 bits per heavy atom. The molecule has 0 atom stereocenters. The Balaban J connectivity index is 2.16. The van der Waals surface area contributed by atoms with Crippen LogP contribution in [-0.2, 0) is 6.54 Å². The molecule has 2 rings (SSSR count). The number of nitrogens with zero attached hydrogens (tertiary/aromatic N) is 1. The number of nitrogens with one attached hydrogen (secondary N) is 1. The second-order valence-electron chi connectivity index (χ2n) is 4.56. The summed E-state index contributed by atoms with van der Waals surface area (Å²) in [6.45, 7) is 0.773. The van der Waals surface area contributed by atoms with Crippen molar-refractivity contribution in [3.05, 3.63) is 58.4 Å². The number of benzene rings is 1. The van der Waals surface area contributed by atoms with Gasteiger partial charge in [0.15, 0.2) is 0 Å². The molecule has 0 aliphatic heterocycles. The molecule has 108 valence electrons. The SMILES string of the molecule is CN(Cc1ccccc1C#CCN)C(=O)c1cc(Cl)c[nH]1. The lowest BCUT2D eigenvalue weighted by Gasteiger charge is -2.17. The van der Waals surface area contributed by atoms with Crippen LogP contribution in [0.4, 0.5) is 0 Å². The van der Waals surface area contributed by atoms with Gasteiger partial charge in [0.25, 0.3) is 5.91 Å². The largest absolute Gasteiger partial charge is 0.356 e. The lowest BCUT2D eigenvalue weighted by atomic mass is 10.1. The van der Waals surface area contributed by atoms with Crippen LogP contribution >= 0.6 is 11.6 Å². The fourth-order valence-electron chi connectivity index (χ4n) is 1.95. The number of nitrogens with two attached hydrogens (primary N) is 1. The fourth-order valence-corrected chi connectivity index (χ4v) is 2.11. The van der Waals surface area contributed by atoms with Gasteiger partial charge in [-0.25, -0.2) is 0 Å². The van der Waals surface area contributed by atoms with E-state index in [4.69, 9.17) is 17.3 Å². The average Bonchev–Trinajstić information content (AvgIpc) is 2.92. The lowest BCUT2D eigenvalue weighted by molar-refractivity contribution is 0.0780. The van der Waals surface area contributed by atoms with Gasteiger partial charge >= 0.3 is 0 Å². The fraction of sp³-hybridized carbons (Fsp3) is 0.188. The number of carbonyl (C=O) groups excluding carboxylic acids is 1. The van der Waals surface area contributed by atoms with Gasteiger partial charge in [0, 0.05) is 25.4 Å². The number of hydrogen-bond acceptors (Lipinski definition) is 2. The maximum atomic E-state index is 12.3. The van der Waals surface area contributed by atoms with Gasteiger partial charge in [-0.1, -0.05) is 41.6 Å². The minimum absolute atomic E-state index is 0.122. The summed E-state index contributed by atoms with van der Waals surface area (Å²) in [4.78, 5) is 16.7. The monoisotopic (exact) mass is 301 g/mol. The highest BCUT2D eigenvalue weighted by molar-refractivity contribution is 6.30. The average molecular weight is 302 g/mol. The molecule has 1 aromatic heterocycles. The van der Waals surface area contributed by atoms with Gasteiger partial charge in [0.1, 0.15) is 5.69 Å². The Bertz CT molecular complexity index is 697. The van der Waals surface area contributed by atoms with Crippen LogP contribution in [0.25, 0.3) is 0 Å². The van der Waals surface area contributed by atoms with Gasteiger partial charge in [-0.2, -0.15) is 0 Å². The van der Waals surface area contributed by atoms with Gasteiger partial charge in [-0.15, -0.1) is 0 Å². The van der Waals surface area contributed by atoms with Gasteiger partial charge in [-0.3, -0.25) is 4.79 Å². The van der Waals surface area contributed by atoms with Crippen molar-refractivity contribution in [1.82, 2.24) is 9.88 Å². The van der Waals surface area contributed by atoms with Crippen molar-refractivity contribution in [3.8, 4) is 11.8 Å². The molecule has 0 bridgehead atoms. The molecular formula is C16H16ClN3O. The first-order chi connectivity index (χ1) is 10.1. The van der Waals surface area contributed by atoms with Crippen LogP contribution in [0.3, 0.4) is 0 Å². The Labute approximate surface area is 128 Å². The highest BCUT2D eigenvalue weighted by atomic mass is 35.5. The van der Waals surface area contributed by atoms with Gasteiger partial charge in [0.05, 0.1) is 11.6 Å². The van der Waals surface area contributed by atoms with Crippen LogP contribution < -0.4 is 5.73 Å². The number of carbonyl (C=O) groups is 1. The minimum Gasteiger partial charge on any atom is -0.356 e. The van der Waals surface area contributed by atoms with Crippen molar-refractivity contribution in [2.24, 2.45) is 5.73 Å². The molecule has 2 aromatic rings. The third kappa shape index (κ3) is 3.88. The third-order valence-electron chi connectivity index (χ3n) is 2.97. The summed E-state index contributed by atoms with van der Waals surface area (Å²) in [5, 5.41) is 0.515. The highest BCUT2D eigenvalue weighted by Crippen LogP contribution is 2.14. The maximum Gasteiger partial charge on any atom is 0.270 e. The summed E-state index contributed by atoms with van der Waals surface area (Å²) in [5.74, 6) is 5.73. The normalized spacial score (nSPS) is 9.86. The number of aromatic nitrogens is 1. The standard InChI is InChI=1S/C16H16ClN3O/c1-20(16(21)15-9-14(17)10-19-15)11-13-6-3-2-5-12(13)7-4-8-18/h2-3,5-6,9-10,19H,8,11,18H2,1H3. The molecule has 0 fully saturated rings. The first-order valence-electron chi connectivity index (χ1n) is 6.48. The van der Waals surface area contributed by atoms with Crippen LogP contribution in [0, 0.1) is 11.8 Å². The Morgan fingerprint density at radius 3 is 2.86 bits per heavy atom. The van der Waals surface area contributed by atoms with Crippen molar-refractivity contribution in [2.45, 2.75) is 6.54 Å².